The second-order valence-electron chi connectivity index (χ2n) is 18.8. The molecule has 358 valence electrons. The van der Waals surface area contributed by atoms with Crippen LogP contribution in [0.25, 0.3) is 0 Å². The molecule has 3 N–H and O–H groups in total. The van der Waals surface area contributed by atoms with Crippen molar-refractivity contribution in [3.8, 4) is 11.5 Å². The Balaban J connectivity index is 1.36. The normalized spacial score (nSPS) is 23.7. The first-order valence-corrected chi connectivity index (χ1v) is 25.4. The van der Waals surface area contributed by atoms with Crippen LogP contribution in [0.5, 0.6) is 11.5 Å². The maximum Gasteiger partial charge on any atom is 0.412 e. The van der Waals surface area contributed by atoms with Crippen molar-refractivity contribution in [2.75, 3.05) is 32.9 Å². The average molecular weight is 898 g/mol. The van der Waals surface area contributed by atoms with Crippen molar-refractivity contribution >= 4 is 17.7 Å². The maximum absolute atomic E-state index is 14.5. The van der Waals surface area contributed by atoms with Crippen LogP contribution in [-0.2, 0) is 21.0 Å². The number of oxime groups is 1. The van der Waals surface area contributed by atoms with E-state index in [1.54, 1.807) is 12.1 Å². The summed E-state index contributed by atoms with van der Waals surface area (Å²) in [5.74, 6) is -0.635. The van der Waals surface area contributed by atoms with E-state index in [2.05, 4.69) is 31.8 Å². The zero-order valence-corrected chi connectivity index (χ0v) is 39.6. The Morgan fingerprint density at radius 2 is 1.60 bits per heavy atom. The van der Waals surface area contributed by atoms with E-state index in [1.807, 2.05) is 47.4 Å². The number of fused-ring (bicyclic) bond motifs is 2. The molecule has 11 nitrogen and oxygen atoms in total. The molecule has 0 aromatic heterocycles. The van der Waals surface area contributed by atoms with Crippen molar-refractivity contribution in [1.82, 2.24) is 10.2 Å². The Morgan fingerprint density at radius 1 is 0.892 bits per heavy atom. The molecule has 4 aliphatic rings. The van der Waals surface area contributed by atoms with Crippen molar-refractivity contribution in [2.45, 2.75) is 167 Å². The van der Waals surface area contributed by atoms with Crippen molar-refractivity contribution in [3.05, 3.63) is 84.0 Å². The number of benzene rings is 2. The number of hydrogen-bond acceptors (Lipinski definition) is 9. The van der Waals surface area contributed by atoms with Gasteiger partial charge < -0.3 is 39.5 Å². The molecule has 3 aliphatic carbocycles. The first-order chi connectivity index (χ1) is 31.9. The quantitative estimate of drug-likeness (QED) is 0.0400. The van der Waals surface area contributed by atoms with Crippen molar-refractivity contribution < 1.29 is 38.9 Å². The van der Waals surface area contributed by atoms with Crippen molar-refractivity contribution in [2.24, 2.45) is 28.8 Å². The number of carbonyl (C=O) groups is 2. The fourth-order valence-electron chi connectivity index (χ4n) is 10.6. The SMILES string of the molecule is C=CCO[C@@]12Oc3ccc(OC(=O)NCCCCCCCCCCCC)cc3[C@H]3[C@H](CCCCO)[C@@H](CCCCO)C=C(C(=NOCc4ccccc4)C[C@@H]1N(CCC)C(=O)C1CC1)[C@H]32. The number of carbonyl (C=O) groups excluding carboxylic acids is 2. The van der Waals surface area contributed by atoms with Crippen LogP contribution in [0, 0.1) is 23.7 Å². The Morgan fingerprint density at radius 3 is 2.28 bits per heavy atom. The minimum Gasteiger partial charge on any atom is -0.459 e. The highest BCUT2D eigenvalue weighted by Gasteiger charge is 2.65. The second kappa shape index (κ2) is 26.2. The van der Waals surface area contributed by atoms with Crippen LogP contribution in [0.4, 0.5) is 4.79 Å². The third kappa shape index (κ3) is 13.5. The Hall–Kier alpha value is -4.19. The zero-order chi connectivity index (χ0) is 45.9. The van der Waals surface area contributed by atoms with Crippen LogP contribution < -0.4 is 14.8 Å². The largest absolute Gasteiger partial charge is 0.459 e. The van der Waals surface area contributed by atoms with Crippen molar-refractivity contribution in [1.29, 1.82) is 0 Å². The van der Waals surface area contributed by atoms with Crippen LogP contribution in [0.1, 0.15) is 159 Å². The number of unbranched alkanes of at least 4 members (excludes halogenated alkanes) is 11. The Kier molecular flexibility index (Phi) is 20.3. The van der Waals surface area contributed by atoms with Gasteiger partial charge >= 0.3 is 6.09 Å². The molecule has 11 heteroatoms. The fraction of sp³-hybridized carbons (Fsp3) is 0.648. The highest BCUT2D eigenvalue weighted by Crippen LogP contribution is 2.62. The molecule has 6 atom stereocenters. The van der Waals surface area contributed by atoms with E-state index in [4.69, 9.17) is 24.2 Å². The molecule has 1 aliphatic heterocycles. The number of nitrogens with one attached hydrogen (secondary N) is 1. The van der Waals surface area contributed by atoms with Gasteiger partial charge in [-0.05, 0) is 92.5 Å². The number of aliphatic hydroxyl groups is 2. The molecular weight excluding hydrogens is 819 g/mol. The molecule has 0 unspecified atom stereocenters. The minimum atomic E-state index is -1.31. The van der Waals surface area contributed by atoms with Crippen LogP contribution >= 0.6 is 0 Å². The third-order valence-corrected chi connectivity index (χ3v) is 14.0. The molecule has 65 heavy (non-hydrogen) atoms. The van der Waals surface area contributed by atoms with Crippen LogP contribution in [0.3, 0.4) is 0 Å². The summed E-state index contributed by atoms with van der Waals surface area (Å²) in [4.78, 5) is 36.0. The second-order valence-corrected chi connectivity index (χ2v) is 18.8. The summed E-state index contributed by atoms with van der Waals surface area (Å²) < 4.78 is 20.5. The van der Waals surface area contributed by atoms with E-state index >= 15 is 0 Å². The van der Waals surface area contributed by atoms with Gasteiger partial charge in [0.05, 0.1) is 18.2 Å². The van der Waals surface area contributed by atoms with Gasteiger partial charge in [-0.2, -0.15) is 0 Å². The predicted molar refractivity (Wildman–Crippen MR) is 257 cm³/mol. The molecule has 0 spiro atoms. The first kappa shape index (κ1) is 50.2. The summed E-state index contributed by atoms with van der Waals surface area (Å²) in [6, 6.07) is 15.1. The molecule has 2 saturated carbocycles. The standard InChI is InChI=1S/C54H79N3O8/c1-4-7-8-9-10-11-12-13-14-20-31-55-53(61)64-43-29-30-48-46(37-43)50-44(26-19-22-34-59)42(25-18-21-33-58)36-45-47(56-63-39-40-23-16-15-17-24-40)38-49(54(65-48,51(45)50)62-35-6-3)57(32-5-2)52(60)41-27-28-41/h6,15-17,23-24,29-30,36-37,41-42,44,49-51,58-59H,3-5,7-14,18-22,25-28,31-35,38-39H2,1-2H3,(H,55,61)/t42-,44+,49-,50+,51+,54+/m0/s1. The highest BCUT2D eigenvalue weighted by atomic mass is 16.7. The lowest BCUT2D eigenvalue weighted by Gasteiger charge is -2.60. The monoisotopic (exact) mass is 898 g/mol. The van der Waals surface area contributed by atoms with Gasteiger partial charge in [0.15, 0.2) is 0 Å². The number of rotatable bonds is 30. The van der Waals surface area contributed by atoms with Crippen molar-refractivity contribution in [3.63, 3.8) is 0 Å². The van der Waals surface area contributed by atoms with Gasteiger partial charge in [0.1, 0.15) is 24.1 Å². The molecule has 6 rings (SSSR count). The summed E-state index contributed by atoms with van der Waals surface area (Å²) in [5.41, 5.74) is 3.67. The maximum atomic E-state index is 14.5. The van der Waals surface area contributed by atoms with Gasteiger partial charge in [0.2, 0.25) is 11.7 Å². The van der Waals surface area contributed by atoms with Gasteiger partial charge in [-0.25, -0.2) is 4.79 Å². The number of ether oxygens (including phenoxy) is 3. The molecule has 1 heterocycles. The van der Waals surface area contributed by atoms with Crippen LogP contribution in [0.15, 0.2) is 78.0 Å². The molecule has 0 bridgehead atoms. The van der Waals surface area contributed by atoms with E-state index in [0.717, 1.165) is 80.2 Å². The van der Waals surface area contributed by atoms with Gasteiger partial charge in [-0.3, -0.25) is 4.79 Å². The fourth-order valence-corrected chi connectivity index (χ4v) is 10.6. The number of amides is 2. The Bertz CT molecular complexity index is 1850. The van der Waals surface area contributed by atoms with E-state index < -0.39 is 23.8 Å². The van der Waals surface area contributed by atoms with Gasteiger partial charge in [-0.15, -0.1) is 6.58 Å². The third-order valence-electron chi connectivity index (χ3n) is 14.0. The van der Waals surface area contributed by atoms with E-state index in [0.29, 0.717) is 50.5 Å². The van der Waals surface area contributed by atoms with Gasteiger partial charge in [0, 0.05) is 50.1 Å². The average Bonchev–Trinajstić information content (AvgIpc) is 4.17. The van der Waals surface area contributed by atoms with Gasteiger partial charge in [0.25, 0.3) is 0 Å². The molecule has 2 aromatic rings. The summed E-state index contributed by atoms with van der Waals surface area (Å²) in [6.45, 7) is 10.2. The molecule has 0 saturated heterocycles. The molecule has 2 amide bonds. The zero-order valence-electron chi connectivity index (χ0n) is 39.6. The lowest BCUT2D eigenvalue weighted by Crippen LogP contribution is -2.70. The molecule has 0 radical (unpaired) electrons. The van der Waals surface area contributed by atoms with Crippen LogP contribution in [-0.4, -0.2) is 77.6 Å². The highest BCUT2D eigenvalue weighted by molar-refractivity contribution is 6.03. The minimum absolute atomic E-state index is 0.0270. The summed E-state index contributed by atoms with van der Waals surface area (Å²) in [6.07, 6.45) is 23.4. The lowest BCUT2D eigenvalue weighted by atomic mass is 9.55. The summed E-state index contributed by atoms with van der Waals surface area (Å²) in [5, 5.41) is 27.9. The van der Waals surface area contributed by atoms with E-state index in [1.165, 1.54) is 51.4 Å². The van der Waals surface area contributed by atoms with Crippen LogP contribution in [0.2, 0.25) is 0 Å². The number of nitrogens with zero attached hydrogens (tertiary/aromatic N) is 2. The predicted octanol–water partition coefficient (Wildman–Crippen LogP) is 11.2. The molecular formula is C54H79N3O8. The Labute approximate surface area is 389 Å². The van der Waals surface area contributed by atoms with E-state index in [9.17, 15) is 19.8 Å². The van der Waals surface area contributed by atoms with Gasteiger partial charge in [-0.1, -0.05) is 132 Å². The lowest BCUT2D eigenvalue weighted by molar-refractivity contribution is -0.257. The smallest absolute Gasteiger partial charge is 0.412 e. The number of hydrogen-bond donors (Lipinski definition) is 3. The van der Waals surface area contributed by atoms with E-state index in [-0.39, 0.29) is 49.4 Å². The molecule has 2 fully saturated rings. The number of aliphatic hydroxyl groups excluding tert-OH is 2. The topological polar surface area (TPSA) is 139 Å². The molecule has 2 aromatic carbocycles. The number of allylic oxidation sites excluding steroid dienone is 1. The first-order valence-electron chi connectivity index (χ1n) is 25.4. The summed E-state index contributed by atoms with van der Waals surface area (Å²) in [7, 11) is 0. The summed E-state index contributed by atoms with van der Waals surface area (Å²) >= 11 is 0.